The van der Waals surface area contributed by atoms with E-state index in [9.17, 15) is 4.39 Å². The molecule has 0 aromatic carbocycles. The molecule has 0 N–H and O–H groups in total. The summed E-state index contributed by atoms with van der Waals surface area (Å²) >= 11 is 0. The second kappa shape index (κ2) is 3.71. The molecule has 2 heterocycles. The SMILES string of the molecule is F[C@@H]1[CH]CCN([C@H]2CCOC2)C1. The highest BCUT2D eigenvalue weighted by molar-refractivity contribution is 4.89. The van der Waals surface area contributed by atoms with Gasteiger partial charge in [-0.25, -0.2) is 4.39 Å². The van der Waals surface area contributed by atoms with Gasteiger partial charge in [-0.1, -0.05) is 0 Å². The fraction of sp³-hybridized carbons (Fsp3) is 0.889. The monoisotopic (exact) mass is 172 g/mol. The predicted octanol–water partition coefficient (Wildman–Crippen LogP) is 1.02. The van der Waals surface area contributed by atoms with E-state index in [1.165, 1.54) is 0 Å². The van der Waals surface area contributed by atoms with Crippen molar-refractivity contribution in [2.75, 3.05) is 26.3 Å². The fourth-order valence-electron chi connectivity index (χ4n) is 1.95. The first-order valence-corrected chi connectivity index (χ1v) is 4.65. The van der Waals surface area contributed by atoms with Crippen molar-refractivity contribution in [3.8, 4) is 0 Å². The van der Waals surface area contributed by atoms with Crippen LogP contribution >= 0.6 is 0 Å². The Kier molecular flexibility index (Phi) is 2.61. The van der Waals surface area contributed by atoms with Gasteiger partial charge in [-0.3, -0.25) is 4.90 Å². The van der Waals surface area contributed by atoms with E-state index in [0.717, 1.165) is 32.6 Å². The summed E-state index contributed by atoms with van der Waals surface area (Å²) in [5, 5.41) is 0. The highest BCUT2D eigenvalue weighted by Gasteiger charge is 2.28. The summed E-state index contributed by atoms with van der Waals surface area (Å²) in [6.45, 7) is 3.23. The number of ether oxygens (including phenoxy) is 1. The largest absolute Gasteiger partial charge is 0.380 e. The van der Waals surface area contributed by atoms with Crippen molar-refractivity contribution in [1.82, 2.24) is 4.90 Å². The summed E-state index contributed by atoms with van der Waals surface area (Å²) in [6.07, 6.45) is 3.01. The third kappa shape index (κ3) is 1.77. The first kappa shape index (κ1) is 8.45. The molecule has 0 aliphatic carbocycles. The van der Waals surface area contributed by atoms with E-state index in [4.69, 9.17) is 4.74 Å². The van der Waals surface area contributed by atoms with Gasteiger partial charge in [0.2, 0.25) is 0 Å². The summed E-state index contributed by atoms with van der Waals surface area (Å²) < 4.78 is 18.2. The van der Waals surface area contributed by atoms with E-state index in [-0.39, 0.29) is 0 Å². The van der Waals surface area contributed by atoms with E-state index in [0.29, 0.717) is 12.6 Å². The quantitative estimate of drug-likeness (QED) is 0.585. The van der Waals surface area contributed by atoms with E-state index in [1.54, 1.807) is 6.42 Å². The number of alkyl halides is 1. The first-order valence-electron chi connectivity index (χ1n) is 4.65. The Morgan fingerprint density at radius 1 is 1.50 bits per heavy atom. The van der Waals surface area contributed by atoms with E-state index in [2.05, 4.69) is 4.90 Å². The molecule has 3 heteroatoms. The minimum atomic E-state index is -0.723. The zero-order valence-electron chi connectivity index (χ0n) is 7.21. The van der Waals surface area contributed by atoms with Crippen LogP contribution in [0.25, 0.3) is 0 Å². The van der Waals surface area contributed by atoms with Gasteiger partial charge in [-0.2, -0.15) is 0 Å². The van der Waals surface area contributed by atoms with E-state index >= 15 is 0 Å². The molecule has 2 saturated heterocycles. The molecule has 0 amide bonds. The molecular weight excluding hydrogens is 157 g/mol. The highest BCUT2D eigenvalue weighted by Crippen LogP contribution is 2.19. The number of piperidine rings is 1. The maximum atomic E-state index is 12.9. The maximum Gasteiger partial charge on any atom is 0.116 e. The van der Waals surface area contributed by atoms with Crippen molar-refractivity contribution >= 4 is 0 Å². The molecule has 2 rings (SSSR count). The van der Waals surface area contributed by atoms with Crippen LogP contribution in [0.15, 0.2) is 0 Å². The molecule has 2 aliphatic heterocycles. The summed E-state index contributed by atoms with van der Waals surface area (Å²) in [5.41, 5.74) is 0. The number of halogens is 1. The number of hydrogen-bond acceptors (Lipinski definition) is 2. The molecule has 0 spiro atoms. The Balaban J connectivity index is 1.85. The summed E-state index contributed by atoms with van der Waals surface area (Å²) in [4.78, 5) is 2.22. The molecule has 12 heavy (non-hydrogen) atoms. The van der Waals surface area contributed by atoms with Crippen LogP contribution in [0.3, 0.4) is 0 Å². The Labute approximate surface area is 72.7 Å². The molecule has 0 aromatic rings. The predicted molar refractivity (Wildman–Crippen MR) is 44.6 cm³/mol. The molecule has 1 radical (unpaired) electrons. The minimum Gasteiger partial charge on any atom is -0.380 e. The fourth-order valence-corrected chi connectivity index (χ4v) is 1.95. The van der Waals surface area contributed by atoms with Crippen LogP contribution in [0.5, 0.6) is 0 Å². The molecule has 2 atom stereocenters. The Bertz CT molecular complexity index is 147. The lowest BCUT2D eigenvalue weighted by Gasteiger charge is -2.32. The topological polar surface area (TPSA) is 12.5 Å². The van der Waals surface area contributed by atoms with Crippen molar-refractivity contribution in [2.24, 2.45) is 0 Å². The van der Waals surface area contributed by atoms with Crippen LogP contribution in [-0.2, 0) is 4.74 Å². The van der Waals surface area contributed by atoms with Gasteiger partial charge in [0.15, 0.2) is 0 Å². The van der Waals surface area contributed by atoms with Crippen LogP contribution in [0.4, 0.5) is 4.39 Å². The van der Waals surface area contributed by atoms with Gasteiger partial charge in [0.05, 0.1) is 6.61 Å². The van der Waals surface area contributed by atoms with Gasteiger partial charge in [0, 0.05) is 19.2 Å². The molecular formula is C9H15FNO. The molecule has 2 aliphatic rings. The van der Waals surface area contributed by atoms with Crippen LogP contribution in [0.1, 0.15) is 12.8 Å². The average Bonchev–Trinajstić information content (AvgIpc) is 2.56. The molecule has 2 fully saturated rings. The van der Waals surface area contributed by atoms with Crippen molar-refractivity contribution in [3.63, 3.8) is 0 Å². The molecule has 0 aromatic heterocycles. The molecule has 2 nitrogen and oxygen atoms in total. The minimum absolute atomic E-state index is 0.483. The summed E-state index contributed by atoms with van der Waals surface area (Å²) in [7, 11) is 0. The molecule has 0 bridgehead atoms. The van der Waals surface area contributed by atoms with Crippen molar-refractivity contribution in [1.29, 1.82) is 0 Å². The van der Waals surface area contributed by atoms with Crippen molar-refractivity contribution in [3.05, 3.63) is 6.42 Å². The lowest BCUT2D eigenvalue weighted by atomic mass is 10.1. The number of nitrogens with zero attached hydrogens (tertiary/aromatic N) is 1. The maximum absolute atomic E-state index is 12.9. The van der Waals surface area contributed by atoms with Gasteiger partial charge >= 0.3 is 0 Å². The van der Waals surface area contributed by atoms with Gasteiger partial charge in [-0.15, -0.1) is 0 Å². The summed E-state index contributed by atoms with van der Waals surface area (Å²) in [6, 6.07) is 0.483. The smallest absolute Gasteiger partial charge is 0.116 e. The van der Waals surface area contributed by atoms with Crippen LogP contribution in [-0.4, -0.2) is 43.4 Å². The molecule has 69 valence electrons. The Morgan fingerprint density at radius 2 is 2.42 bits per heavy atom. The number of rotatable bonds is 1. The van der Waals surface area contributed by atoms with Gasteiger partial charge < -0.3 is 4.74 Å². The number of hydrogen-bond donors (Lipinski definition) is 0. The van der Waals surface area contributed by atoms with Crippen LogP contribution < -0.4 is 0 Å². The van der Waals surface area contributed by atoms with E-state index in [1.807, 2.05) is 0 Å². The zero-order chi connectivity index (χ0) is 8.39. The molecule has 0 saturated carbocycles. The Morgan fingerprint density at radius 3 is 3.08 bits per heavy atom. The van der Waals surface area contributed by atoms with Crippen LogP contribution in [0, 0.1) is 6.42 Å². The van der Waals surface area contributed by atoms with Crippen LogP contribution in [0.2, 0.25) is 0 Å². The lowest BCUT2D eigenvalue weighted by molar-refractivity contribution is 0.108. The zero-order valence-corrected chi connectivity index (χ0v) is 7.21. The normalized spacial score (nSPS) is 38.8. The second-order valence-corrected chi connectivity index (χ2v) is 3.55. The third-order valence-electron chi connectivity index (χ3n) is 2.67. The highest BCUT2D eigenvalue weighted by atomic mass is 19.1. The van der Waals surface area contributed by atoms with Crippen molar-refractivity contribution < 1.29 is 9.13 Å². The second-order valence-electron chi connectivity index (χ2n) is 3.55. The van der Waals surface area contributed by atoms with Gasteiger partial charge in [-0.05, 0) is 25.8 Å². The Hall–Kier alpha value is -0.150. The molecule has 0 unspecified atom stereocenters. The van der Waals surface area contributed by atoms with Gasteiger partial charge in [0.1, 0.15) is 6.17 Å². The summed E-state index contributed by atoms with van der Waals surface area (Å²) in [5.74, 6) is 0. The van der Waals surface area contributed by atoms with E-state index < -0.39 is 6.17 Å². The average molecular weight is 172 g/mol. The number of likely N-dealkylation sites (tertiary alicyclic amines) is 1. The standard InChI is InChI=1S/C9H15FNO/c10-8-2-1-4-11(6-8)9-3-5-12-7-9/h2,8-9H,1,3-7H2/t8-,9+/m1/s1. The lowest BCUT2D eigenvalue weighted by Crippen LogP contribution is -2.43. The van der Waals surface area contributed by atoms with Gasteiger partial charge in [0.25, 0.3) is 0 Å². The first-order chi connectivity index (χ1) is 5.86. The third-order valence-corrected chi connectivity index (χ3v) is 2.67. The van der Waals surface area contributed by atoms with Crippen molar-refractivity contribution in [2.45, 2.75) is 25.1 Å².